The molecule has 0 spiro atoms. The third kappa shape index (κ3) is 2.52. The van der Waals surface area contributed by atoms with E-state index in [1.54, 1.807) is 0 Å². The number of nitrogens with zero attached hydrogens (tertiary/aromatic N) is 1. The van der Waals surface area contributed by atoms with Crippen molar-refractivity contribution >= 4 is 11.6 Å². The normalized spacial score (nSPS) is 13.2. The lowest BCUT2D eigenvalue weighted by molar-refractivity contribution is -0.121. The summed E-state index contributed by atoms with van der Waals surface area (Å²) in [5.41, 5.74) is -4.93. The smallest absolute Gasteiger partial charge is 0.265 e. The molecule has 0 saturated carbocycles. The van der Waals surface area contributed by atoms with Gasteiger partial charge >= 0.3 is 0 Å². The summed E-state index contributed by atoms with van der Waals surface area (Å²) in [6.07, 6.45) is 5.03. The van der Waals surface area contributed by atoms with Gasteiger partial charge in [0.25, 0.3) is 5.91 Å². The Morgan fingerprint density at radius 2 is 1.39 bits per heavy atom. The number of ether oxygens (including phenoxy) is 1. The first-order chi connectivity index (χ1) is 13.1. The summed E-state index contributed by atoms with van der Waals surface area (Å²) in [5.74, 6) is -17.9. The number of amides is 1. The van der Waals surface area contributed by atoms with Crippen LogP contribution in [0.4, 0.5) is 36.4 Å². The third-order valence-electron chi connectivity index (χ3n) is 3.90. The highest BCUT2D eigenvalue weighted by Crippen LogP contribution is 2.46. The molecule has 28 heavy (non-hydrogen) atoms. The van der Waals surface area contributed by atoms with Crippen molar-refractivity contribution in [3.05, 3.63) is 40.7 Å². The number of carbonyl (C=O) groups is 1. The van der Waals surface area contributed by atoms with E-state index in [1.807, 2.05) is 5.92 Å². The fraction of sp³-hybridized carbons (Fsp3) is 0.118. The van der Waals surface area contributed by atoms with E-state index in [0.717, 1.165) is 0 Å². The van der Waals surface area contributed by atoms with Gasteiger partial charge in [-0.1, -0.05) is 5.92 Å². The number of hydrogen-bond donors (Lipinski definition) is 1. The van der Waals surface area contributed by atoms with E-state index in [-0.39, 0.29) is 0 Å². The van der Waals surface area contributed by atoms with Gasteiger partial charge in [0.05, 0.1) is 17.7 Å². The lowest BCUT2D eigenvalue weighted by Crippen LogP contribution is -2.40. The molecule has 0 aliphatic carbocycles. The predicted octanol–water partition coefficient (Wildman–Crippen LogP) is 3.39. The topological polar surface area (TPSA) is 49.8 Å². The number of phenols is 1. The molecule has 0 unspecified atom stereocenters. The van der Waals surface area contributed by atoms with Gasteiger partial charge in [-0.15, -0.1) is 6.42 Å². The lowest BCUT2D eigenvalue weighted by atomic mass is 9.99. The number of benzene rings is 2. The van der Waals surface area contributed by atoms with Crippen molar-refractivity contribution in [3.63, 3.8) is 0 Å². The van der Waals surface area contributed by atoms with Gasteiger partial charge < -0.3 is 9.84 Å². The number of aromatic hydroxyl groups is 1. The maximum Gasteiger partial charge on any atom is 0.265 e. The average Bonchev–Trinajstić information content (AvgIpc) is 2.67. The number of hydrogen-bond acceptors (Lipinski definition) is 3. The second-order valence-corrected chi connectivity index (χ2v) is 5.45. The largest absolute Gasteiger partial charge is 0.503 e. The first kappa shape index (κ1) is 19.3. The van der Waals surface area contributed by atoms with E-state index >= 15 is 0 Å². The summed E-state index contributed by atoms with van der Waals surface area (Å²) in [7, 11) is 0. The third-order valence-corrected chi connectivity index (χ3v) is 3.90. The van der Waals surface area contributed by atoms with Gasteiger partial charge in [-0.05, 0) is 0 Å². The average molecular weight is 405 g/mol. The molecule has 2 aromatic rings. The quantitative estimate of drug-likeness (QED) is 0.474. The minimum Gasteiger partial charge on any atom is -0.503 e. The fourth-order valence-corrected chi connectivity index (χ4v) is 2.65. The van der Waals surface area contributed by atoms with Crippen molar-refractivity contribution in [1.29, 1.82) is 0 Å². The van der Waals surface area contributed by atoms with Gasteiger partial charge in [-0.25, -0.2) is 17.6 Å². The summed E-state index contributed by atoms with van der Waals surface area (Å²) in [5, 5.41) is 8.98. The summed E-state index contributed by atoms with van der Waals surface area (Å²) in [6.45, 7) is -1.49. The van der Waals surface area contributed by atoms with Crippen molar-refractivity contribution in [3.8, 4) is 35.0 Å². The van der Waals surface area contributed by atoms with Crippen LogP contribution in [0.25, 0.3) is 11.1 Å². The van der Waals surface area contributed by atoms with Crippen LogP contribution in [0.3, 0.4) is 0 Å². The number of rotatable bonds is 2. The minimum atomic E-state index is -2.39. The SMILES string of the molecule is C#CCN1C(=O)COc2c(F)c(F)c(-c3c(F)c(F)c(O)c(F)c3F)c(F)c21. The van der Waals surface area contributed by atoms with Gasteiger partial charge in [0.2, 0.25) is 17.5 Å². The predicted molar refractivity (Wildman–Crippen MR) is 79.9 cm³/mol. The maximum atomic E-state index is 15.0. The molecule has 1 N–H and O–H groups in total. The van der Waals surface area contributed by atoms with Gasteiger partial charge in [0.15, 0.2) is 41.4 Å². The van der Waals surface area contributed by atoms with E-state index in [0.29, 0.717) is 4.90 Å². The van der Waals surface area contributed by atoms with Crippen molar-refractivity contribution < 1.29 is 45.4 Å². The molecule has 11 heteroatoms. The molecule has 4 nitrogen and oxygen atoms in total. The van der Waals surface area contributed by atoms with Crippen LogP contribution in [-0.4, -0.2) is 24.2 Å². The van der Waals surface area contributed by atoms with E-state index < -0.39 is 88.1 Å². The Labute approximate surface area is 151 Å². The van der Waals surface area contributed by atoms with Crippen molar-refractivity contribution in [2.24, 2.45) is 0 Å². The number of halogens is 7. The Kier molecular flexibility index (Phi) is 4.58. The molecule has 0 bridgehead atoms. The number of phenolic OH excluding ortho intramolecular Hbond substituents is 1. The van der Waals surface area contributed by atoms with Crippen LogP contribution < -0.4 is 9.64 Å². The van der Waals surface area contributed by atoms with Crippen molar-refractivity contribution in [2.45, 2.75) is 0 Å². The molecule has 3 rings (SSSR count). The maximum absolute atomic E-state index is 15.0. The highest BCUT2D eigenvalue weighted by Gasteiger charge is 2.39. The highest BCUT2D eigenvalue weighted by molar-refractivity contribution is 5.99. The monoisotopic (exact) mass is 405 g/mol. The van der Waals surface area contributed by atoms with Crippen LogP contribution in [0.1, 0.15) is 0 Å². The van der Waals surface area contributed by atoms with Gasteiger partial charge in [-0.3, -0.25) is 9.69 Å². The zero-order chi connectivity index (χ0) is 20.9. The molecular formula is C17H6F7NO3. The van der Waals surface area contributed by atoms with E-state index in [1.165, 1.54) is 0 Å². The molecule has 0 radical (unpaired) electrons. The van der Waals surface area contributed by atoms with Crippen LogP contribution in [0.2, 0.25) is 0 Å². The highest BCUT2D eigenvalue weighted by atomic mass is 19.2. The first-order valence-corrected chi connectivity index (χ1v) is 7.25. The van der Waals surface area contributed by atoms with Gasteiger partial charge in [0.1, 0.15) is 5.69 Å². The molecule has 1 amide bonds. The van der Waals surface area contributed by atoms with Crippen LogP contribution in [0, 0.1) is 53.1 Å². The second-order valence-electron chi connectivity index (χ2n) is 5.45. The molecule has 1 heterocycles. The first-order valence-electron chi connectivity index (χ1n) is 7.25. The Balaban J connectivity index is 2.46. The van der Waals surface area contributed by atoms with Crippen molar-refractivity contribution in [2.75, 3.05) is 18.1 Å². The minimum absolute atomic E-state index is 0.434. The Morgan fingerprint density at radius 3 is 1.93 bits per heavy atom. The van der Waals surface area contributed by atoms with Gasteiger partial charge in [-0.2, -0.15) is 13.2 Å². The Morgan fingerprint density at radius 1 is 0.893 bits per heavy atom. The van der Waals surface area contributed by atoms with E-state index in [4.69, 9.17) is 11.5 Å². The molecule has 1 aliphatic heterocycles. The molecule has 146 valence electrons. The lowest BCUT2D eigenvalue weighted by Gasteiger charge is -2.29. The van der Waals surface area contributed by atoms with Crippen molar-refractivity contribution in [1.82, 2.24) is 0 Å². The van der Waals surface area contributed by atoms with E-state index in [2.05, 4.69) is 4.74 Å². The Bertz CT molecular complexity index is 1050. The van der Waals surface area contributed by atoms with Crippen LogP contribution in [-0.2, 0) is 4.79 Å². The van der Waals surface area contributed by atoms with Gasteiger partial charge in [0, 0.05) is 0 Å². The molecule has 0 fully saturated rings. The number of terminal acetylenes is 1. The van der Waals surface area contributed by atoms with Crippen LogP contribution in [0.15, 0.2) is 0 Å². The zero-order valence-electron chi connectivity index (χ0n) is 13.3. The fourth-order valence-electron chi connectivity index (χ4n) is 2.65. The molecule has 0 aromatic heterocycles. The summed E-state index contributed by atoms with van der Waals surface area (Å²) in [6, 6.07) is 0. The zero-order valence-corrected chi connectivity index (χ0v) is 13.3. The van der Waals surface area contributed by atoms with Crippen LogP contribution in [0.5, 0.6) is 11.5 Å². The number of carbonyl (C=O) groups excluding carboxylic acids is 1. The Hall–Kier alpha value is -3.42. The molecular weight excluding hydrogens is 399 g/mol. The molecule has 0 saturated heterocycles. The number of fused-ring (bicyclic) bond motifs is 1. The second kappa shape index (κ2) is 6.63. The summed E-state index contributed by atoms with van der Waals surface area (Å²) < 4.78 is 104. The molecule has 2 aromatic carbocycles. The van der Waals surface area contributed by atoms with Crippen LogP contribution >= 0.6 is 0 Å². The molecule has 1 aliphatic rings. The number of anilines is 1. The summed E-state index contributed by atoms with van der Waals surface area (Å²) in [4.78, 5) is 12.3. The summed E-state index contributed by atoms with van der Waals surface area (Å²) >= 11 is 0. The molecule has 0 atom stereocenters. The standard InChI is InChI=1S/C17H6F7NO3/c1-2-3-25-5(26)4-28-17-14(24)10(20)7(11(21)15(17)25)6-8(18)12(22)16(27)13(23)9(6)19/h1,27H,3-4H2. The van der Waals surface area contributed by atoms with E-state index in [9.17, 15) is 35.5 Å².